The van der Waals surface area contributed by atoms with Crippen LogP contribution in [0.5, 0.6) is 5.75 Å². The molecule has 0 aliphatic carbocycles. The van der Waals surface area contributed by atoms with Crippen molar-refractivity contribution in [2.24, 2.45) is 0 Å². The first kappa shape index (κ1) is 14.5. The van der Waals surface area contributed by atoms with Gasteiger partial charge in [0.1, 0.15) is 5.75 Å². The number of phenols is 1. The van der Waals surface area contributed by atoms with E-state index < -0.39 is 0 Å². The fourth-order valence-corrected chi connectivity index (χ4v) is 2.35. The SMILES string of the molecule is Cc1ccc(NCc2c(O)cccc2Cl)cc1N(C)C. The third-order valence-electron chi connectivity index (χ3n) is 3.25. The zero-order chi connectivity index (χ0) is 14.7. The summed E-state index contributed by atoms with van der Waals surface area (Å²) in [6.45, 7) is 2.57. The van der Waals surface area contributed by atoms with E-state index in [0.29, 0.717) is 17.1 Å². The third kappa shape index (κ3) is 3.17. The molecule has 0 fully saturated rings. The van der Waals surface area contributed by atoms with Crippen molar-refractivity contribution in [3.05, 3.63) is 52.5 Å². The first-order valence-electron chi connectivity index (χ1n) is 6.47. The van der Waals surface area contributed by atoms with E-state index in [0.717, 1.165) is 5.69 Å². The van der Waals surface area contributed by atoms with Crippen molar-refractivity contribution in [2.45, 2.75) is 13.5 Å². The fraction of sp³-hybridized carbons (Fsp3) is 0.250. The molecule has 4 heteroatoms. The molecule has 0 aromatic heterocycles. The summed E-state index contributed by atoms with van der Waals surface area (Å²) in [5.41, 5.74) is 4.10. The van der Waals surface area contributed by atoms with Crippen molar-refractivity contribution in [1.29, 1.82) is 0 Å². The minimum atomic E-state index is 0.213. The minimum absolute atomic E-state index is 0.213. The number of phenolic OH excluding ortho intramolecular Hbond substituents is 1. The quantitative estimate of drug-likeness (QED) is 0.892. The highest BCUT2D eigenvalue weighted by molar-refractivity contribution is 6.31. The summed E-state index contributed by atoms with van der Waals surface area (Å²) in [6.07, 6.45) is 0. The zero-order valence-corrected chi connectivity index (χ0v) is 12.7. The summed E-state index contributed by atoms with van der Waals surface area (Å²) in [6, 6.07) is 11.3. The summed E-state index contributed by atoms with van der Waals surface area (Å²) >= 11 is 6.09. The molecule has 2 rings (SSSR count). The molecule has 0 saturated carbocycles. The van der Waals surface area contributed by atoms with Gasteiger partial charge in [-0.25, -0.2) is 0 Å². The van der Waals surface area contributed by atoms with Crippen LogP contribution in [-0.2, 0) is 6.54 Å². The summed E-state index contributed by atoms with van der Waals surface area (Å²) in [7, 11) is 4.04. The van der Waals surface area contributed by atoms with Crippen LogP contribution in [0.1, 0.15) is 11.1 Å². The third-order valence-corrected chi connectivity index (χ3v) is 3.61. The van der Waals surface area contributed by atoms with Crippen LogP contribution >= 0.6 is 11.6 Å². The van der Waals surface area contributed by atoms with Crippen molar-refractivity contribution < 1.29 is 5.11 Å². The lowest BCUT2D eigenvalue weighted by Gasteiger charge is -2.18. The van der Waals surface area contributed by atoms with Gasteiger partial charge in [-0.15, -0.1) is 0 Å². The molecule has 0 saturated heterocycles. The van der Waals surface area contributed by atoms with Crippen LogP contribution in [0.2, 0.25) is 5.02 Å². The predicted octanol–water partition coefficient (Wildman–Crippen LogP) is 4.03. The summed E-state index contributed by atoms with van der Waals surface area (Å²) in [5, 5.41) is 13.7. The second-order valence-corrected chi connectivity index (χ2v) is 5.39. The molecular formula is C16H19ClN2O. The minimum Gasteiger partial charge on any atom is -0.508 e. The number of aryl methyl sites for hydroxylation is 1. The molecule has 3 nitrogen and oxygen atoms in total. The van der Waals surface area contributed by atoms with Crippen molar-refractivity contribution >= 4 is 23.0 Å². The molecule has 0 heterocycles. The van der Waals surface area contributed by atoms with Gasteiger partial charge in [0, 0.05) is 42.6 Å². The van der Waals surface area contributed by atoms with Gasteiger partial charge in [0.15, 0.2) is 0 Å². The van der Waals surface area contributed by atoms with Gasteiger partial charge in [-0.05, 0) is 36.8 Å². The molecule has 0 spiro atoms. The average Bonchev–Trinajstić information content (AvgIpc) is 2.39. The Kier molecular flexibility index (Phi) is 4.40. The number of halogens is 1. The smallest absolute Gasteiger partial charge is 0.122 e. The van der Waals surface area contributed by atoms with Gasteiger partial charge in [-0.3, -0.25) is 0 Å². The second-order valence-electron chi connectivity index (χ2n) is 4.99. The number of rotatable bonds is 4. The molecule has 0 atom stereocenters. The largest absolute Gasteiger partial charge is 0.508 e. The highest BCUT2D eigenvalue weighted by Gasteiger charge is 2.07. The second kappa shape index (κ2) is 6.06. The van der Waals surface area contributed by atoms with Gasteiger partial charge in [0.2, 0.25) is 0 Å². The van der Waals surface area contributed by atoms with Gasteiger partial charge in [0.05, 0.1) is 0 Å². The van der Waals surface area contributed by atoms with Gasteiger partial charge >= 0.3 is 0 Å². The van der Waals surface area contributed by atoms with Gasteiger partial charge in [-0.2, -0.15) is 0 Å². The van der Waals surface area contributed by atoms with E-state index >= 15 is 0 Å². The van der Waals surface area contributed by atoms with Gasteiger partial charge in [0.25, 0.3) is 0 Å². The number of nitrogens with zero attached hydrogens (tertiary/aromatic N) is 1. The molecule has 0 radical (unpaired) electrons. The van der Waals surface area contributed by atoms with Gasteiger partial charge in [-0.1, -0.05) is 23.7 Å². The Balaban J connectivity index is 2.17. The molecule has 0 aliphatic heterocycles. The molecule has 20 heavy (non-hydrogen) atoms. The molecule has 2 N–H and O–H groups in total. The number of benzene rings is 2. The van der Waals surface area contributed by atoms with Crippen LogP contribution < -0.4 is 10.2 Å². The summed E-state index contributed by atoms with van der Waals surface area (Å²) < 4.78 is 0. The Labute approximate surface area is 124 Å². The molecule has 2 aromatic carbocycles. The van der Waals surface area contributed by atoms with Crippen LogP contribution in [0.25, 0.3) is 0 Å². The maximum Gasteiger partial charge on any atom is 0.122 e. The first-order chi connectivity index (χ1) is 9.49. The monoisotopic (exact) mass is 290 g/mol. The lowest BCUT2D eigenvalue weighted by molar-refractivity contribution is 0.469. The fourth-order valence-electron chi connectivity index (χ4n) is 2.11. The Morgan fingerprint density at radius 3 is 2.60 bits per heavy atom. The van der Waals surface area contributed by atoms with E-state index in [4.69, 9.17) is 11.6 Å². The van der Waals surface area contributed by atoms with Crippen LogP contribution in [0.15, 0.2) is 36.4 Å². The maximum atomic E-state index is 9.82. The van der Waals surface area contributed by atoms with Crippen molar-refractivity contribution in [1.82, 2.24) is 0 Å². The van der Waals surface area contributed by atoms with E-state index in [1.54, 1.807) is 18.2 Å². The van der Waals surface area contributed by atoms with Crippen molar-refractivity contribution in [3.63, 3.8) is 0 Å². The number of hydrogen-bond donors (Lipinski definition) is 2. The Bertz CT molecular complexity index is 591. The van der Waals surface area contributed by atoms with E-state index in [1.165, 1.54) is 11.3 Å². The maximum absolute atomic E-state index is 9.82. The zero-order valence-electron chi connectivity index (χ0n) is 11.9. The van der Waals surface area contributed by atoms with E-state index in [2.05, 4.69) is 29.3 Å². The summed E-state index contributed by atoms with van der Waals surface area (Å²) in [5.74, 6) is 0.213. The number of aromatic hydroxyl groups is 1. The molecule has 0 aliphatic rings. The standard InChI is InChI=1S/C16H19ClN2O/c1-11-7-8-12(9-15(11)19(2)3)18-10-13-14(17)5-4-6-16(13)20/h4-9,18,20H,10H2,1-3H3. The van der Waals surface area contributed by atoms with E-state index in [9.17, 15) is 5.11 Å². The topological polar surface area (TPSA) is 35.5 Å². The molecular weight excluding hydrogens is 272 g/mol. The lowest BCUT2D eigenvalue weighted by atomic mass is 10.1. The molecule has 2 aromatic rings. The Hall–Kier alpha value is -1.87. The van der Waals surface area contributed by atoms with Crippen molar-refractivity contribution in [3.8, 4) is 5.75 Å². The number of nitrogens with one attached hydrogen (secondary N) is 1. The normalized spacial score (nSPS) is 10.4. The van der Waals surface area contributed by atoms with Crippen LogP contribution in [-0.4, -0.2) is 19.2 Å². The molecule has 0 bridgehead atoms. The van der Waals surface area contributed by atoms with E-state index in [-0.39, 0.29) is 5.75 Å². The molecule has 106 valence electrons. The number of anilines is 2. The highest BCUT2D eigenvalue weighted by atomic mass is 35.5. The van der Waals surface area contributed by atoms with Crippen LogP contribution in [0.3, 0.4) is 0 Å². The average molecular weight is 291 g/mol. The Morgan fingerprint density at radius 2 is 1.95 bits per heavy atom. The van der Waals surface area contributed by atoms with Crippen molar-refractivity contribution in [2.75, 3.05) is 24.3 Å². The first-order valence-corrected chi connectivity index (χ1v) is 6.85. The highest BCUT2D eigenvalue weighted by Crippen LogP contribution is 2.27. The number of hydrogen-bond acceptors (Lipinski definition) is 3. The molecule has 0 unspecified atom stereocenters. The van der Waals surface area contributed by atoms with Crippen LogP contribution in [0.4, 0.5) is 11.4 Å². The lowest BCUT2D eigenvalue weighted by Crippen LogP contribution is -2.11. The van der Waals surface area contributed by atoms with Crippen LogP contribution in [0, 0.1) is 6.92 Å². The molecule has 0 amide bonds. The van der Waals surface area contributed by atoms with E-state index in [1.807, 2.05) is 20.2 Å². The Morgan fingerprint density at radius 1 is 1.20 bits per heavy atom. The van der Waals surface area contributed by atoms with Gasteiger partial charge < -0.3 is 15.3 Å². The summed E-state index contributed by atoms with van der Waals surface area (Å²) in [4.78, 5) is 2.08. The predicted molar refractivity (Wildman–Crippen MR) is 85.9 cm³/mol.